The maximum atomic E-state index is 12.7. The molecule has 4 rings (SSSR count). The summed E-state index contributed by atoms with van der Waals surface area (Å²) in [6, 6.07) is 7.29. The van der Waals surface area contributed by atoms with Crippen LogP contribution in [-0.4, -0.2) is 20.9 Å². The van der Waals surface area contributed by atoms with Crippen LogP contribution in [0.5, 0.6) is 0 Å². The van der Waals surface area contributed by atoms with Crippen LogP contribution in [0.1, 0.15) is 35.8 Å². The first-order chi connectivity index (χ1) is 12.0. The van der Waals surface area contributed by atoms with Gasteiger partial charge in [-0.15, -0.1) is 11.3 Å². The molecule has 1 amide bonds. The van der Waals surface area contributed by atoms with E-state index in [1.165, 1.54) is 11.3 Å². The van der Waals surface area contributed by atoms with Crippen LogP contribution >= 0.6 is 11.3 Å². The zero-order valence-corrected chi connectivity index (χ0v) is 15.7. The van der Waals surface area contributed by atoms with E-state index in [-0.39, 0.29) is 5.91 Å². The molecule has 5 nitrogen and oxygen atoms in total. The third-order valence-corrected chi connectivity index (χ3v) is 7.88. The fourth-order valence-electron chi connectivity index (χ4n) is 3.61. The molecule has 0 saturated carbocycles. The monoisotopic (exact) mass is 376 g/mol. The van der Waals surface area contributed by atoms with Gasteiger partial charge in [0, 0.05) is 23.5 Å². The summed E-state index contributed by atoms with van der Waals surface area (Å²) in [7, 11) is -3.57. The van der Waals surface area contributed by atoms with Crippen molar-refractivity contribution < 1.29 is 13.2 Å². The molecular weight excluding hydrogens is 356 g/mol. The van der Waals surface area contributed by atoms with E-state index in [0.29, 0.717) is 22.7 Å². The summed E-state index contributed by atoms with van der Waals surface area (Å²) in [5.74, 6) is 0.174. The fourth-order valence-corrected chi connectivity index (χ4v) is 5.95. The van der Waals surface area contributed by atoms with Gasteiger partial charge in [-0.05, 0) is 61.1 Å². The summed E-state index contributed by atoms with van der Waals surface area (Å²) in [6.07, 6.45) is 3.78. The van der Waals surface area contributed by atoms with Gasteiger partial charge in [-0.2, -0.15) is 0 Å². The zero-order valence-electron chi connectivity index (χ0n) is 14.0. The van der Waals surface area contributed by atoms with E-state index in [9.17, 15) is 13.2 Å². The standard InChI is InChI=1S/C18H20N2O3S2/c1-2-15-6-8-17(24-15)25(22,23)19-14-10-12-4-3-9-20-16(21)7-5-13(11-14)18(12)20/h6,8,10-11,19H,2-5,7,9H2,1H3. The maximum absolute atomic E-state index is 12.7. The van der Waals surface area contributed by atoms with Gasteiger partial charge in [-0.25, -0.2) is 8.42 Å². The summed E-state index contributed by atoms with van der Waals surface area (Å²) >= 11 is 1.31. The molecule has 7 heteroatoms. The Morgan fingerprint density at radius 2 is 1.92 bits per heavy atom. The van der Waals surface area contributed by atoms with E-state index in [0.717, 1.165) is 47.5 Å². The van der Waals surface area contributed by atoms with E-state index in [1.807, 2.05) is 30.0 Å². The molecule has 1 aromatic heterocycles. The molecule has 0 aliphatic carbocycles. The fraction of sp³-hybridized carbons (Fsp3) is 0.389. The van der Waals surface area contributed by atoms with Crippen LogP contribution in [0.25, 0.3) is 0 Å². The number of carbonyl (C=O) groups is 1. The van der Waals surface area contributed by atoms with Crippen LogP contribution in [0.2, 0.25) is 0 Å². The lowest BCUT2D eigenvalue weighted by Gasteiger charge is -2.35. The number of rotatable bonds is 4. The number of anilines is 2. The first kappa shape index (κ1) is 16.6. The molecule has 0 fully saturated rings. The SMILES string of the molecule is CCc1ccc(S(=O)(=O)Nc2cc3c4c(c2)CCC(=O)N4CCC3)s1. The predicted octanol–water partition coefficient (Wildman–Crippen LogP) is 3.34. The van der Waals surface area contributed by atoms with Gasteiger partial charge < -0.3 is 4.90 Å². The van der Waals surface area contributed by atoms with Crippen molar-refractivity contribution in [1.29, 1.82) is 0 Å². The smallest absolute Gasteiger partial charge is 0.271 e. The lowest BCUT2D eigenvalue weighted by molar-refractivity contribution is -0.119. The molecule has 0 radical (unpaired) electrons. The van der Waals surface area contributed by atoms with Crippen molar-refractivity contribution in [2.75, 3.05) is 16.2 Å². The molecule has 0 spiro atoms. The minimum atomic E-state index is -3.57. The van der Waals surface area contributed by atoms with Gasteiger partial charge in [0.25, 0.3) is 10.0 Å². The van der Waals surface area contributed by atoms with Crippen molar-refractivity contribution in [2.45, 2.75) is 43.2 Å². The number of nitrogens with one attached hydrogen (secondary N) is 1. The number of benzene rings is 1. The number of aryl methyl sites for hydroxylation is 3. The highest BCUT2D eigenvalue weighted by molar-refractivity contribution is 7.94. The number of thiophene rings is 1. The molecule has 0 saturated heterocycles. The van der Waals surface area contributed by atoms with Crippen LogP contribution in [0, 0.1) is 0 Å². The van der Waals surface area contributed by atoms with Gasteiger partial charge in [0.1, 0.15) is 4.21 Å². The van der Waals surface area contributed by atoms with Gasteiger partial charge in [0.05, 0.1) is 5.69 Å². The summed E-state index contributed by atoms with van der Waals surface area (Å²) in [5, 5.41) is 0. The number of sulfonamides is 1. The second-order valence-electron chi connectivity index (χ2n) is 6.47. The maximum Gasteiger partial charge on any atom is 0.271 e. The van der Waals surface area contributed by atoms with Crippen LogP contribution in [0.3, 0.4) is 0 Å². The van der Waals surface area contributed by atoms with Crippen molar-refractivity contribution in [3.63, 3.8) is 0 Å². The molecule has 132 valence electrons. The third kappa shape index (κ3) is 2.95. The van der Waals surface area contributed by atoms with Crippen molar-refractivity contribution in [3.8, 4) is 0 Å². The quantitative estimate of drug-likeness (QED) is 0.890. The van der Waals surface area contributed by atoms with E-state index < -0.39 is 10.0 Å². The first-order valence-electron chi connectivity index (χ1n) is 8.55. The molecule has 1 aromatic carbocycles. The van der Waals surface area contributed by atoms with Gasteiger partial charge in [0.2, 0.25) is 5.91 Å². The van der Waals surface area contributed by atoms with Crippen molar-refractivity contribution >= 4 is 38.6 Å². The van der Waals surface area contributed by atoms with Gasteiger partial charge in [0.15, 0.2) is 0 Å². The molecular formula is C18H20N2O3S2. The van der Waals surface area contributed by atoms with Crippen LogP contribution < -0.4 is 9.62 Å². The minimum Gasteiger partial charge on any atom is -0.312 e. The van der Waals surface area contributed by atoms with E-state index in [1.54, 1.807) is 6.07 Å². The average molecular weight is 377 g/mol. The number of amides is 1. The highest BCUT2D eigenvalue weighted by Gasteiger charge is 2.30. The van der Waals surface area contributed by atoms with Crippen molar-refractivity contribution in [2.24, 2.45) is 0 Å². The normalized spacial score (nSPS) is 16.7. The van der Waals surface area contributed by atoms with E-state index >= 15 is 0 Å². The summed E-state index contributed by atoms with van der Waals surface area (Å²) < 4.78 is 28.4. The molecule has 2 aliphatic rings. The van der Waals surface area contributed by atoms with Crippen molar-refractivity contribution in [3.05, 3.63) is 40.3 Å². The molecule has 0 bridgehead atoms. The molecule has 25 heavy (non-hydrogen) atoms. The second kappa shape index (κ2) is 6.14. The van der Waals surface area contributed by atoms with Crippen molar-refractivity contribution in [1.82, 2.24) is 0 Å². The largest absolute Gasteiger partial charge is 0.312 e. The molecule has 3 heterocycles. The second-order valence-corrected chi connectivity index (χ2v) is 9.55. The highest BCUT2D eigenvalue weighted by atomic mass is 32.2. The number of nitrogens with zero attached hydrogens (tertiary/aromatic N) is 1. The van der Waals surface area contributed by atoms with Gasteiger partial charge in [-0.1, -0.05) is 6.92 Å². The van der Waals surface area contributed by atoms with Gasteiger partial charge >= 0.3 is 0 Å². The Kier molecular flexibility index (Phi) is 4.08. The minimum absolute atomic E-state index is 0.174. The molecule has 2 aromatic rings. The van der Waals surface area contributed by atoms with E-state index in [4.69, 9.17) is 0 Å². The highest BCUT2D eigenvalue weighted by Crippen LogP contribution is 2.38. The van der Waals surface area contributed by atoms with Crippen LogP contribution in [0.15, 0.2) is 28.5 Å². The molecule has 1 N–H and O–H groups in total. The number of hydrogen-bond donors (Lipinski definition) is 1. The Bertz CT molecular complexity index is 930. The summed E-state index contributed by atoms with van der Waals surface area (Å²) in [6.45, 7) is 2.77. The lowest BCUT2D eigenvalue weighted by atomic mass is 9.91. The van der Waals surface area contributed by atoms with E-state index in [2.05, 4.69) is 4.72 Å². The van der Waals surface area contributed by atoms with Crippen LogP contribution in [0.4, 0.5) is 11.4 Å². The Labute approximate surface area is 151 Å². The number of hydrogen-bond acceptors (Lipinski definition) is 4. The molecule has 0 atom stereocenters. The first-order valence-corrected chi connectivity index (χ1v) is 10.9. The Hall–Kier alpha value is -1.86. The molecule has 2 aliphatic heterocycles. The summed E-state index contributed by atoms with van der Waals surface area (Å²) in [5.41, 5.74) is 3.73. The third-order valence-electron chi connectivity index (χ3n) is 4.78. The zero-order chi connectivity index (χ0) is 17.6. The predicted molar refractivity (Wildman–Crippen MR) is 99.9 cm³/mol. The topological polar surface area (TPSA) is 66.5 Å². The summed E-state index contributed by atoms with van der Waals surface area (Å²) in [4.78, 5) is 15.0. The van der Waals surface area contributed by atoms with Crippen LogP contribution in [-0.2, 0) is 34.1 Å². The Morgan fingerprint density at radius 3 is 2.64 bits per heavy atom. The average Bonchev–Trinajstić information content (AvgIpc) is 3.08. The van der Waals surface area contributed by atoms with Gasteiger partial charge in [-0.3, -0.25) is 9.52 Å². The molecule has 0 unspecified atom stereocenters. The number of carbonyl (C=O) groups excluding carboxylic acids is 1. The lowest BCUT2D eigenvalue weighted by Crippen LogP contribution is -2.39. The Balaban J connectivity index is 1.69. The Morgan fingerprint density at radius 1 is 1.16 bits per heavy atom.